The summed E-state index contributed by atoms with van der Waals surface area (Å²) in [6, 6.07) is 3.95. The van der Waals surface area contributed by atoms with Crippen LogP contribution in [0.2, 0.25) is 0 Å². The van der Waals surface area contributed by atoms with Crippen molar-refractivity contribution in [2.24, 2.45) is 0 Å². The Morgan fingerprint density at radius 2 is 2.39 bits per heavy atom. The number of nitrogens with one attached hydrogen (secondary N) is 1. The standard InChI is InChI=1S/C13H18N2O2S/c1-18-12-5-4-10(6-12)15-8-11-3-2-9(7-14-11)13(16)17/h2-3,7,10,12,15H,4-6,8H2,1H3,(H,16,17). The van der Waals surface area contributed by atoms with E-state index < -0.39 is 5.97 Å². The van der Waals surface area contributed by atoms with E-state index in [1.54, 1.807) is 12.1 Å². The third kappa shape index (κ3) is 3.46. The Balaban J connectivity index is 1.82. The molecule has 4 nitrogen and oxygen atoms in total. The number of rotatable bonds is 5. The lowest BCUT2D eigenvalue weighted by molar-refractivity contribution is 0.0696. The van der Waals surface area contributed by atoms with Gasteiger partial charge in [-0.1, -0.05) is 0 Å². The minimum Gasteiger partial charge on any atom is -0.478 e. The fraction of sp³-hybridized carbons (Fsp3) is 0.538. The van der Waals surface area contributed by atoms with Crippen LogP contribution in [0.3, 0.4) is 0 Å². The molecular weight excluding hydrogens is 248 g/mol. The molecule has 1 aromatic heterocycles. The van der Waals surface area contributed by atoms with E-state index in [0.29, 0.717) is 12.6 Å². The van der Waals surface area contributed by atoms with Crippen molar-refractivity contribution in [2.75, 3.05) is 6.26 Å². The van der Waals surface area contributed by atoms with E-state index in [9.17, 15) is 4.79 Å². The van der Waals surface area contributed by atoms with Gasteiger partial charge >= 0.3 is 5.97 Å². The molecule has 2 rings (SSSR count). The van der Waals surface area contributed by atoms with E-state index in [1.807, 2.05) is 11.8 Å². The van der Waals surface area contributed by atoms with Crippen LogP contribution in [0.1, 0.15) is 35.3 Å². The maximum absolute atomic E-state index is 10.7. The summed E-state index contributed by atoms with van der Waals surface area (Å²) in [5.41, 5.74) is 1.13. The molecule has 18 heavy (non-hydrogen) atoms. The van der Waals surface area contributed by atoms with Gasteiger partial charge in [0.15, 0.2) is 0 Å². The van der Waals surface area contributed by atoms with Crippen LogP contribution in [0.15, 0.2) is 18.3 Å². The zero-order valence-electron chi connectivity index (χ0n) is 10.4. The van der Waals surface area contributed by atoms with Gasteiger partial charge in [0.05, 0.1) is 11.3 Å². The lowest BCUT2D eigenvalue weighted by Gasteiger charge is -2.12. The normalized spacial score (nSPS) is 23.2. The van der Waals surface area contributed by atoms with Crippen molar-refractivity contribution in [2.45, 2.75) is 37.1 Å². The van der Waals surface area contributed by atoms with Crippen LogP contribution in [0, 0.1) is 0 Å². The number of carboxylic acids is 1. The van der Waals surface area contributed by atoms with Crippen molar-refractivity contribution in [3.05, 3.63) is 29.6 Å². The Bertz CT molecular complexity index is 408. The number of hydrogen-bond acceptors (Lipinski definition) is 4. The van der Waals surface area contributed by atoms with Crippen molar-refractivity contribution in [1.82, 2.24) is 10.3 Å². The van der Waals surface area contributed by atoms with Crippen molar-refractivity contribution in [3.8, 4) is 0 Å². The van der Waals surface area contributed by atoms with Gasteiger partial charge in [0.1, 0.15) is 0 Å². The summed E-state index contributed by atoms with van der Waals surface area (Å²) in [5, 5.41) is 13.0. The number of aromatic nitrogens is 1. The quantitative estimate of drug-likeness (QED) is 0.855. The third-order valence-electron chi connectivity index (χ3n) is 3.36. The van der Waals surface area contributed by atoms with Crippen LogP contribution in [0.4, 0.5) is 0 Å². The number of nitrogens with zero attached hydrogens (tertiary/aromatic N) is 1. The molecule has 5 heteroatoms. The third-order valence-corrected chi connectivity index (χ3v) is 4.46. The number of carboxylic acid groups (broad SMARTS) is 1. The summed E-state index contributed by atoms with van der Waals surface area (Å²) < 4.78 is 0. The lowest BCUT2D eigenvalue weighted by atomic mass is 10.2. The molecule has 0 bridgehead atoms. The molecule has 98 valence electrons. The summed E-state index contributed by atoms with van der Waals surface area (Å²) in [6.07, 6.45) is 7.30. The van der Waals surface area contributed by atoms with Crippen LogP contribution in [-0.4, -0.2) is 33.6 Å². The molecule has 0 aromatic carbocycles. The second-order valence-corrected chi connectivity index (χ2v) is 5.73. The highest BCUT2D eigenvalue weighted by atomic mass is 32.2. The first-order chi connectivity index (χ1) is 8.69. The SMILES string of the molecule is CSC1CCC(NCc2ccc(C(=O)O)cn2)C1. The van der Waals surface area contributed by atoms with Gasteiger partial charge in [-0.15, -0.1) is 0 Å². The summed E-state index contributed by atoms with van der Waals surface area (Å²) in [6.45, 7) is 0.714. The Hall–Kier alpha value is -1.07. The maximum atomic E-state index is 10.7. The summed E-state index contributed by atoms with van der Waals surface area (Å²) in [7, 11) is 0. The Morgan fingerprint density at radius 1 is 1.56 bits per heavy atom. The minimum absolute atomic E-state index is 0.238. The largest absolute Gasteiger partial charge is 0.478 e. The van der Waals surface area contributed by atoms with Crippen LogP contribution in [-0.2, 0) is 6.54 Å². The highest BCUT2D eigenvalue weighted by Gasteiger charge is 2.23. The molecule has 1 fully saturated rings. The molecule has 1 aromatic rings. The molecular formula is C13H18N2O2S. The van der Waals surface area contributed by atoms with Gasteiger partial charge in [-0.25, -0.2) is 4.79 Å². The Labute approximate surface area is 111 Å². The Kier molecular flexibility index (Phi) is 4.60. The average molecular weight is 266 g/mol. The van der Waals surface area contributed by atoms with E-state index in [4.69, 9.17) is 5.11 Å². The molecule has 0 aliphatic heterocycles. The van der Waals surface area contributed by atoms with Crippen molar-refractivity contribution >= 4 is 17.7 Å². The molecule has 0 saturated heterocycles. The first-order valence-corrected chi connectivity index (χ1v) is 7.42. The average Bonchev–Trinajstić information content (AvgIpc) is 2.85. The topological polar surface area (TPSA) is 62.2 Å². The Morgan fingerprint density at radius 3 is 2.94 bits per heavy atom. The number of hydrogen-bond donors (Lipinski definition) is 2. The molecule has 1 aliphatic rings. The monoisotopic (exact) mass is 266 g/mol. The molecule has 0 spiro atoms. The molecule has 0 radical (unpaired) electrons. The van der Waals surface area contributed by atoms with Gasteiger partial charge in [0.25, 0.3) is 0 Å². The molecule has 1 heterocycles. The summed E-state index contributed by atoms with van der Waals surface area (Å²) >= 11 is 1.94. The molecule has 0 amide bonds. The summed E-state index contributed by atoms with van der Waals surface area (Å²) in [5.74, 6) is -0.930. The fourth-order valence-electron chi connectivity index (χ4n) is 2.24. The molecule has 2 atom stereocenters. The van der Waals surface area contributed by atoms with Gasteiger partial charge in [-0.2, -0.15) is 11.8 Å². The van der Waals surface area contributed by atoms with Gasteiger partial charge in [-0.3, -0.25) is 4.98 Å². The van der Waals surface area contributed by atoms with E-state index in [2.05, 4.69) is 16.6 Å². The molecule has 1 aliphatic carbocycles. The van der Waals surface area contributed by atoms with E-state index in [-0.39, 0.29) is 5.56 Å². The molecule has 2 N–H and O–H groups in total. The van der Waals surface area contributed by atoms with Crippen LogP contribution >= 0.6 is 11.8 Å². The van der Waals surface area contributed by atoms with Gasteiger partial charge < -0.3 is 10.4 Å². The number of thioether (sulfide) groups is 1. The smallest absolute Gasteiger partial charge is 0.337 e. The van der Waals surface area contributed by atoms with Gasteiger partial charge in [-0.05, 0) is 37.7 Å². The van der Waals surface area contributed by atoms with Gasteiger partial charge in [0, 0.05) is 24.0 Å². The fourth-order valence-corrected chi connectivity index (χ4v) is 3.04. The predicted molar refractivity (Wildman–Crippen MR) is 73.0 cm³/mol. The first-order valence-electron chi connectivity index (χ1n) is 6.13. The van der Waals surface area contributed by atoms with Gasteiger partial charge in [0.2, 0.25) is 0 Å². The molecule has 2 unspecified atom stereocenters. The maximum Gasteiger partial charge on any atom is 0.337 e. The lowest BCUT2D eigenvalue weighted by Crippen LogP contribution is -2.26. The van der Waals surface area contributed by atoms with E-state index in [0.717, 1.165) is 10.9 Å². The van der Waals surface area contributed by atoms with Crippen molar-refractivity contribution < 1.29 is 9.90 Å². The van der Waals surface area contributed by atoms with Crippen LogP contribution in [0.5, 0.6) is 0 Å². The summed E-state index contributed by atoms with van der Waals surface area (Å²) in [4.78, 5) is 14.8. The van der Waals surface area contributed by atoms with Crippen LogP contribution < -0.4 is 5.32 Å². The highest BCUT2D eigenvalue weighted by Crippen LogP contribution is 2.28. The van der Waals surface area contributed by atoms with Crippen molar-refractivity contribution in [3.63, 3.8) is 0 Å². The number of pyridine rings is 1. The zero-order valence-corrected chi connectivity index (χ0v) is 11.2. The minimum atomic E-state index is -0.930. The van der Waals surface area contributed by atoms with E-state index >= 15 is 0 Å². The highest BCUT2D eigenvalue weighted by molar-refractivity contribution is 7.99. The predicted octanol–water partition coefficient (Wildman–Crippen LogP) is 2.15. The molecule has 1 saturated carbocycles. The number of aromatic carboxylic acids is 1. The second-order valence-electron chi connectivity index (χ2n) is 4.59. The first kappa shape index (κ1) is 13.4. The zero-order chi connectivity index (χ0) is 13.0. The second kappa shape index (κ2) is 6.20. The number of carbonyl (C=O) groups is 1. The van der Waals surface area contributed by atoms with Crippen molar-refractivity contribution in [1.29, 1.82) is 0 Å². The van der Waals surface area contributed by atoms with Crippen LogP contribution in [0.25, 0.3) is 0 Å². The van der Waals surface area contributed by atoms with E-state index in [1.165, 1.54) is 25.5 Å².